The zero-order chi connectivity index (χ0) is 18.0. The highest BCUT2D eigenvalue weighted by atomic mass is 32.2. The third-order valence-corrected chi connectivity index (χ3v) is 4.59. The number of anilines is 1. The van der Waals surface area contributed by atoms with Gasteiger partial charge in [0, 0.05) is 16.0 Å². The lowest BCUT2D eigenvalue weighted by Crippen LogP contribution is -2.28. The lowest BCUT2D eigenvalue weighted by atomic mass is 10.1. The van der Waals surface area contributed by atoms with Crippen LogP contribution in [0.5, 0.6) is 0 Å². The molecule has 1 N–H and O–H groups in total. The molecule has 1 amide bonds. The quantitative estimate of drug-likeness (QED) is 0.721. The average molecular weight is 353 g/mol. The van der Waals surface area contributed by atoms with Gasteiger partial charge in [-0.25, -0.2) is 4.68 Å². The minimum atomic E-state index is -0.330. The van der Waals surface area contributed by atoms with Gasteiger partial charge >= 0.3 is 0 Å². The first-order valence-electron chi connectivity index (χ1n) is 7.98. The Morgan fingerprint density at radius 2 is 1.84 bits per heavy atom. The Morgan fingerprint density at radius 3 is 2.52 bits per heavy atom. The fourth-order valence-corrected chi connectivity index (χ4v) is 3.07. The fraction of sp³-hybridized carbons (Fsp3) is 0.211. The highest BCUT2D eigenvalue weighted by molar-refractivity contribution is 7.98. The van der Waals surface area contributed by atoms with Gasteiger partial charge in [0.15, 0.2) is 5.69 Å². The first-order chi connectivity index (χ1) is 12.0. The van der Waals surface area contributed by atoms with Crippen LogP contribution in [0.25, 0.3) is 10.8 Å². The van der Waals surface area contributed by atoms with Crippen molar-refractivity contribution in [3.8, 4) is 0 Å². The molecule has 0 aliphatic carbocycles. The Kier molecular flexibility index (Phi) is 4.90. The molecule has 1 aromatic heterocycles. The van der Waals surface area contributed by atoms with Crippen LogP contribution in [0.4, 0.5) is 5.69 Å². The summed E-state index contributed by atoms with van der Waals surface area (Å²) in [6.07, 6.45) is 1.98. The zero-order valence-corrected chi connectivity index (χ0v) is 15.1. The maximum Gasteiger partial charge on any atom is 0.276 e. The summed E-state index contributed by atoms with van der Waals surface area (Å²) in [7, 11) is 0. The third kappa shape index (κ3) is 3.44. The van der Waals surface area contributed by atoms with E-state index in [1.807, 2.05) is 44.4 Å². The highest BCUT2D eigenvalue weighted by Crippen LogP contribution is 2.21. The van der Waals surface area contributed by atoms with E-state index in [1.165, 1.54) is 4.68 Å². The summed E-state index contributed by atoms with van der Waals surface area (Å²) >= 11 is 1.60. The van der Waals surface area contributed by atoms with Gasteiger partial charge in [-0.15, -0.1) is 11.8 Å². The van der Waals surface area contributed by atoms with Gasteiger partial charge in [0.25, 0.3) is 11.5 Å². The van der Waals surface area contributed by atoms with Crippen LogP contribution in [0, 0.1) is 0 Å². The second kappa shape index (κ2) is 7.11. The summed E-state index contributed by atoms with van der Waals surface area (Å²) in [4.78, 5) is 26.4. The molecule has 0 aliphatic rings. The molecule has 2 aromatic carbocycles. The number of amides is 1. The van der Waals surface area contributed by atoms with Gasteiger partial charge < -0.3 is 5.32 Å². The summed E-state index contributed by atoms with van der Waals surface area (Å²) in [5.74, 6) is -0.330. The first kappa shape index (κ1) is 17.2. The van der Waals surface area contributed by atoms with Crippen molar-refractivity contribution in [1.82, 2.24) is 9.78 Å². The number of benzene rings is 2. The minimum Gasteiger partial charge on any atom is -0.321 e. The first-order valence-corrected chi connectivity index (χ1v) is 9.20. The van der Waals surface area contributed by atoms with E-state index >= 15 is 0 Å². The third-order valence-electron chi connectivity index (χ3n) is 3.86. The van der Waals surface area contributed by atoms with Gasteiger partial charge in [-0.3, -0.25) is 9.59 Å². The molecule has 0 atom stereocenters. The maximum atomic E-state index is 12.8. The maximum absolute atomic E-state index is 12.8. The molecule has 0 spiro atoms. The number of rotatable bonds is 4. The predicted molar refractivity (Wildman–Crippen MR) is 103 cm³/mol. The number of nitrogens with one attached hydrogen (secondary N) is 1. The Morgan fingerprint density at radius 1 is 1.12 bits per heavy atom. The van der Waals surface area contributed by atoms with Gasteiger partial charge in [-0.05, 0) is 44.4 Å². The number of fused-ring (bicyclic) bond motifs is 1. The van der Waals surface area contributed by atoms with Gasteiger partial charge in [0.2, 0.25) is 0 Å². The number of hydrogen-bond acceptors (Lipinski definition) is 4. The summed E-state index contributed by atoms with van der Waals surface area (Å²) < 4.78 is 1.36. The van der Waals surface area contributed by atoms with Gasteiger partial charge in [-0.2, -0.15) is 5.10 Å². The molecule has 0 saturated carbocycles. The summed E-state index contributed by atoms with van der Waals surface area (Å²) in [5, 5.41) is 8.26. The molecular weight excluding hydrogens is 334 g/mol. The van der Waals surface area contributed by atoms with Crippen LogP contribution < -0.4 is 10.9 Å². The van der Waals surface area contributed by atoms with E-state index in [1.54, 1.807) is 36.0 Å². The van der Waals surface area contributed by atoms with E-state index in [2.05, 4.69) is 10.4 Å². The number of hydrogen-bond donors (Lipinski definition) is 1. The Hall–Kier alpha value is -2.60. The van der Waals surface area contributed by atoms with Crippen molar-refractivity contribution >= 4 is 34.1 Å². The second-order valence-electron chi connectivity index (χ2n) is 5.92. The van der Waals surface area contributed by atoms with Crippen LogP contribution in [0.2, 0.25) is 0 Å². The monoisotopic (exact) mass is 353 g/mol. The lowest BCUT2D eigenvalue weighted by Gasteiger charge is -2.13. The summed E-state index contributed by atoms with van der Waals surface area (Å²) in [5.41, 5.74) is 0.759. The van der Waals surface area contributed by atoms with Crippen molar-refractivity contribution in [2.75, 3.05) is 11.6 Å². The topological polar surface area (TPSA) is 64.0 Å². The Balaban J connectivity index is 2.09. The van der Waals surface area contributed by atoms with E-state index in [9.17, 15) is 9.59 Å². The molecule has 0 fully saturated rings. The van der Waals surface area contributed by atoms with Gasteiger partial charge in [0.1, 0.15) is 0 Å². The molecular formula is C19H19N3O2S. The van der Waals surface area contributed by atoms with Crippen molar-refractivity contribution in [1.29, 1.82) is 0 Å². The predicted octanol–water partition coefficient (Wildman–Crippen LogP) is 3.95. The van der Waals surface area contributed by atoms with E-state index < -0.39 is 0 Å². The van der Waals surface area contributed by atoms with Crippen molar-refractivity contribution in [2.45, 2.75) is 24.8 Å². The molecule has 0 unspecified atom stereocenters. The summed E-state index contributed by atoms with van der Waals surface area (Å²) in [6, 6.07) is 14.5. The molecule has 128 valence electrons. The van der Waals surface area contributed by atoms with E-state index in [-0.39, 0.29) is 23.2 Å². The molecule has 25 heavy (non-hydrogen) atoms. The molecule has 0 bridgehead atoms. The molecule has 0 radical (unpaired) electrons. The molecule has 0 saturated heterocycles. The fourth-order valence-electron chi connectivity index (χ4n) is 2.62. The van der Waals surface area contributed by atoms with Crippen LogP contribution in [0.3, 0.4) is 0 Å². The van der Waals surface area contributed by atoms with Crippen molar-refractivity contribution in [3.05, 3.63) is 64.6 Å². The molecule has 5 nitrogen and oxygen atoms in total. The van der Waals surface area contributed by atoms with Crippen molar-refractivity contribution in [2.24, 2.45) is 0 Å². The van der Waals surface area contributed by atoms with Gasteiger partial charge in [0.05, 0.1) is 11.4 Å². The minimum absolute atomic E-state index is 0.136. The van der Waals surface area contributed by atoms with Crippen molar-refractivity contribution < 1.29 is 4.79 Å². The van der Waals surface area contributed by atoms with Crippen LogP contribution in [0.1, 0.15) is 30.4 Å². The van der Waals surface area contributed by atoms with E-state index in [0.29, 0.717) is 16.5 Å². The summed E-state index contributed by atoms with van der Waals surface area (Å²) in [6.45, 7) is 3.74. The van der Waals surface area contributed by atoms with Crippen LogP contribution in [0.15, 0.2) is 58.2 Å². The average Bonchev–Trinajstić information content (AvgIpc) is 2.62. The number of carbonyl (C=O) groups excluding carboxylic acids is 1. The Bertz CT molecular complexity index is 995. The highest BCUT2D eigenvalue weighted by Gasteiger charge is 2.18. The second-order valence-corrected chi connectivity index (χ2v) is 6.80. The van der Waals surface area contributed by atoms with E-state index in [4.69, 9.17) is 0 Å². The molecule has 3 aromatic rings. The SMILES string of the molecule is CSc1cccc(NC(=O)c2nn(C(C)C)c(=O)c3ccccc23)c1. The number of nitrogens with zero attached hydrogens (tertiary/aromatic N) is 2. The van der Waals surface area contributed by atoms with Crippen LogP contribution >= 0.6 is 11.8 Å². The zero-order valence-electron chi connectivity index (χ0n) is 14.3. The lowest BCUT2D eigenvalue weighted by molar-refractivity contribution is 0.102. The van der Waals surface area contributed by atoms with Gasteiger partial charge in [-0.1, -0.05) is 24.3 Å². The number of aromatic nitrogens is 2. The number of thioether (sulfide) groups is 1. The van der Waals surface area contributed by atoms with Crippen molar-refractivity contribution in [3.63, 3.8) is 0 Å². The molecule has 0 aliphatic heterocycles. The largest absolute Gasteiger partial charge is 0.321 e. The standard InChI is InChI=1S/C19H19N3O2S/c1-12(2)22-19(24)16-10-5-4-9-15(16)17(21-22)18(23)20-13-7-6-8-14(11-13)25-3/h4-12H,1-3H3,(H,20,23). The van der Waals surface area contributed by atoms with E-state index in [0.717, 1.165) is 4.90 Å². The molecule has 6 heteroatoms. The van der Waals surface area contributed by atoms with Crippen LogP contribution in [-0.4, -0.2) is 21.9 Å². The van der Waals surface area contributed by atoms with Crippen LogP contribution in [-0.2, 0) is 0 Å². The molecule has 3 rings (SSSR count). The Labute approximate surface area is 150 Å². The normalized spacial score (nSPS) is 11.0. The number of carbonyl (C=O) groups is 1. The molecule has 1 heterocycles. The smallest absolute Gasteiger partial charge is 0.276 e.